The molecule has 8 nitrogen and oxygen atoms in total. The van der Waals surface area contributed by atoms with Gasteiger partial charge in [0, 0.05) is 32.9 Å². The lowest BCUT2D eigenvalue weighted by Gasteiger charge is -2.21. The molecule has 208 valence electrons. The first-order chi connectivity index (χ1) is 18.7. The summed E-state index contributed by atoms with van der Waals surface area (Å²) in [4.78, 5) is 41.1. The highest BCUT2D eigenvalue weighted by Gasteiger charge is 2.20. The average molecular weight is 571 g/mol. The Kier molecular flexibility index (Phi) is 13.7. The lowest BCUT2D eigenvalue weighted by Crippen LogP contribution is -2.32. The molecule has 1 aliphatic heterocycles. The standard InChI is InChI=1S/C24H24ClN3O3S.C5H11NO/c1-4-22(25)32-16(2)23(30)27-21-7-5-6-19(20(21)15-29)24(31)28(3)13-12-17-8-10-18(14-26)11-9-17;1-6-2-4-7-5-3-6/h4-11,14-15,26H,2,12-13H2,1,3H3,(H,27,30);2-5H2,1H3/b22-4-,26-14?;. The lowest BCUT2D eigenvalue weighted by molar-refractivity contribution is -0.112. The summed E-state index contributed by atoms with van der Waals surface area (Å²) in [6.07, 6.45) is 4.09. The molecule has 3 rings (SSSR count). The maximum absolute atomic E-state index is 13.0. The minimum absolute atomic E-state index is 0.1000. The molecule has 2 amide bonds. The van der Waals surface area contributed by atoms with Gasteiger partial charge < -0.3 is 25.3 Å². The van der Waals surface area contributed by atoms with Crippen molar-refractivity contribution in [3.05, 3.63) is 86.6 Å². The van der Waals surface area contributed by atoms with Crippen LogP contribution in [0.3, 0.4) is 0 Å². The molecule has 0 saturated carbocycles. The molecule has 0 aliphatic carbocycles. The Balaban J connectivity index is 0.000000658. The number of carbonyl (C=O) groups is 3. The highest BCUT2D eigenvalue weighted by molar-refractivity contribution is 8.08. The number of benzene rings is 2. The largest absolute Gasteiger partial charge is 0.379 e. The summed E-state index contributed by atoms with van der Waals surface area (Å²) in [5.41, 5.74) is 2.36. The maximum Gasteiger partial charge on any atom is 0.261 e. The summed E-state index contributed by atoms with van der Waals surface area (Å²) in [5.74, 6) is -0.839. The SMILES string of the molecule is C=C(S/C(Cl)=C\C)C(=O)Nc1cccc(C(=O)N(C)CCc2ccc(C=N)cc2)c1C=O.CN1CCOCC1. The van der Waals surface area contributed by atoms with Crippen molar-refractivity contribution in [1.29, 1.82) is 5.41 Å². The Hall–Kier alpha value is -3.24. The quantitative estimate of drug-likeness (QED) is 0.235. The predicted molar refractivity (Wildman–Crippen MR) is 160 cm³/mol. The number of carbonyl (C=O) groups excluding carboxylic acids is 3. The second kappa shape index (κ2) is 16.7. The number of thioether (sulfide) groups is 1. The number of amides is 2. The lowest BCUT2D eigenvalue weighted by atomic mass is 10.0. The molecule has 0 spiro atoms. The van der Waals surface area contributed by atoms with E-state index >= 15 is 0 Å². The number of likely N-dealkylation sites (N-methyl/N-ethyl adjacent to an activating group) is 2. The molecule has 2 N–H and O–H groups in total. The van der Waals surface area contributed by atoms with Gasteiger partial charge >= 0.3 is 0 Å². The van der Waals surface area contributed by atoms with Crippen molar-refractivity contribution in [1.82, 2.24) is 9.80 Å². The molecule has 1 fully saturated rings. The number of rotatable bonds is 10. The summed E-state index contributed by atoms with van der Waals surface area (Å²) >= 11 is 6.93. The van der Waals surface area contributed by atoms with Gasteiger partial charge in [-0.3, -0.25) is 14.4 Å². The molecule has 0 bridgehead atoms. The summed E-state index contributed by atoms with van der Waals surface area (Å²) < 4.78 is 5.50. The van der Waals surface area contributed by atoms with E-state index in [2.05, 4.69) is 23.8 Å². The molecule has 2 aromatic carbocycles. The summed E-state index contributed by atoms with van der Waals surface area (Å²) in [7, 11) is 3.77. The van der Waals surface area contributed by atoms with Crippen molar-refractivity contribution >= 4 is 53.4 Å². The van der Waals surface area contributed by atoms with Gasteiger partial charge in [-0.2, -0.15) is 0 Å². The van der Waals surface area contributed by atoms with Crippen LogP contribution >= 0.6 is 23.4 Å². The summed E-state index contributed by atoms with van der Waals surface area (Å²) in [6.45, 7) is 9.89. The van der Waals surface area contributed by atoms with Gasteiger partial charge in [-0.25, -0.2) is 0 Å². The molecule has 1 heterocycles. The third-order valence-electron chi connectivity index (χ3n) is 5.87. The van der Waals surface area contributed by atoms with Crippen molar-refractivity contribution in [3.63, 3.8) is 0 Å². The van der Waals surface area contributed by atoms with Gasteiger partial charge in [-0.15, -0.1) is 0 Å². The fraction of sp³-hybridized carbons (Fsp3) is 0.310. The molecule has 0 aromatic heterocycles. The number of nitrogens with one attached hydrogen (secondary N) is 2. The predicted octanol–water partition coefficient (Wildman–Crippen LogP) is 5.05. The molecule has 1 saturated heterocycles. The van der Waals surface area contributed by atoms with Crippen LogP contribution in [0.15, 0.2) is 64.4 Å². The third-order valence-corrected chi connectivity index (χ3v) is 7.18. The molecule has 10 heteroatoms. The van der Waals surface area contributed by atoms with Crippen LogP contribution in [0, 0.1) is 5.41 Å². The minimum atomic E-state index is -0.510. The van der Waals surface area contributed by atoms with Crippen LogP contribution < -0.4 is 5.32 Å². The number of allylic oxidation sites excluding steroid dienone is 1. The number of hydrogen-bond acceptors (Lipinski definition) is 7. The number of morpholine rings is 1. The van der Waals surface area contributed by atoms with Gasteiger partial charge in [-0.05, 0) is 43.7 Å². The van der Waals surface area contributed by atoms with Gasteiger partial charge in [0.05, 0.1) is 39.3 Å². The van der Waals surface area contributed by atoms with E-state index in [1.807, 2.05) is 24.3 Å². The summed E-state index contributed by atoms with van der Waals surface area (Å²) in [6, 6.07) is 12.2. The molecule has 2 aromatic rings. The first kappa shape index (κ1) is 32.0. The zero-order valence-electron chi connectivity index (χ0n) is 22.5. The first-order valence-corrected chi connectivity index (χ1v) is 13.6. The number of ether oxygens (including phenoxy) is 1. The first-order valence-electron chi connectivity index (χ1n) is 12.4. The number of hydrogen-bond donors (Lipinski definition) is 2. The van der Waals surface area contributed by atoms with E-state index in [9.17, 15) is 14.4 Å². The second-order valence-electron chi connectivity index (χ2n) is 8.74. The molecule has 39 heavy (non-hydrogen) atoms. The van der Waals surface area contributed by atoms with Gasteiger partial charge in [0.2, 0.25) is 0 Å². The Labute approximate surface area is 239 Å². The van der Waals surface area contributed by atoms with E-state index in [-0.39, 0.29) is 27.6 Å². The van der Waals surface area contributed by atoms with Crippen molar-refractivity contribution in [2.75, 3.05) is 52.3 Å². The van der Waals surface area contributed by atoms with E-state index in [1.54, 1.807) is 38.2 Å². The van der Waals surface area contributed by atoms with E-state index in [0.717, 1.165) is 49.2 Å². The van der Waals surface area contributed by atoms with Crippen molar-refractivity contribution in [2.45, 2.75) is 13.3 Å². The number of halogens is 1. The Bertz CT molecular complexity index is 1190. The van der Waals surface area contributed by atoms with Crippen LogP contribution in [0.1, 0.15) is 38.8 Å². The highest BCUT2D eigenvalue weighted by atomic mass is 35.5. The van der Waals surface area contributed by atoms with Crippen molar-refractivity contribution in [2.24, 2.45) is 0 Å². The normalized spacial score (nSPS) is 13.5. The molecule has 1 aliphatic rings. The Morgan fingerprint density at radius 1 is 1.21 bits per heavy atom. The van der Waals surface area contributed by atoms with E-state index in [1.165, 1.54) is 11.1 Å². The third kappa shape index (κ3) is 10.4. The van der Waals surface area contributed by atoms with Crippen LogP contribution in [-0.2, 0) is 16.0 Å². The second-order valence-corrected chi connectivity index (χ2v) is 10.5. The van der Waals surface area contributed by atoms with E-state index < -0.39 is 5.91 Å². The van der Waals surface area contributed by atoms with Gasteiger partial charge in [0.1, 0.15) is 0 Å². The molecule has 0 unspecified atom stereocenters. The zero-order chi connectivity index (χ0) is 28.8. The van der Waals surface area contributed by atoms with Crippen LogP contribution in [0.2, 0.25) is 0 Å². The van der Waals surface area contributed by atoms with Crippen molar-refractivity contribution in [3.8, 4) is 0 Å². The van der Waals surface area contributed by atoms with Gasteiger partial charge in [0.15, 0.2) is 6.29 Å². The van der Waals surface area contributed by atoms with Crippen LogP contribution in [0.4, 0.5) is 5.69 Å². The number of nitrogens with zero attached hydrogens (tertiary/aromatic N) is 2. The number of aldehydes is 1. The minimum Gasteiger partial charge on any atom is -0.379 e. The Morgan fingerprint density at radius 3 is 2.41 bits per heavy atom. The van der Waals surface area contributed by atoms with Crippen LogP contribution in [-0.4, -0.2) is 81.1 Å². The fourth-order valence-corrected chi connectivity index (χ4v) is 4.22. The van der Waals surface area contributed by atoms with Gasteiger partial charge in [-0.1, -0.05) is 66.3 Å². The van der Waals surface area contributed by atoms with Gasteiger partial charge in [0.25, 0.3) is 11.8 Å². The molecular formula is C29H35ClN4O4S. The maximum atomic E-state index is 13.0. The molecule has 0 radical (unpaired) electrons. The number of anilines is 1. The van der Waals surface area contributed by atoms with E-state index in [0.29, 0.717) is 23.6 Å². The molecular weight excluding hydrogens is 536 g/mol. The Morgan fingerprint density at radius 2 is 1.87 bits per heavy atom. The van der Waals surface area contributed by atoms with Crippen LogP contribution in [0.5, 0.6) is 0 Å². The van der Waals surface area contributed by atoms with Crippen molar-refractivity contribution < 1.29 is 19.1 Å². The fourth-order valence-electron chi connectivity index (χ4n) is 3.44. The smallest absolute Gasteiger partial charge is 0.261 e. The molecule has 0 atom stereocenters. The topological polar surface area (TPSA) is 103 Å². The van der Waals surface area contributed by atoms with E-state index in [4.69, 9.17) is 21.7 Å². The van der Waals surface area contributed by atoms with Crippen LogP contribution in [0.25, 0.3) is 0 Å². The average Bonchev–Trinajstić information content (AvgIpc) is 2.96. The monoisotopic (exact) mass is 570 g/mol. The highest BCUT2D eigenvalue weighted by Crippen LogP contribution is 2.28. The summed E-state index contributed by atoms with van der Waals surface area (Å²) in [5, 5.41) is 9.88. The zero-order valence-corrected chi connectivity index (χ0v) is 24.1.